The fraction of sp³-hybridized carbons (Fsp3) is 0.643. The Labute approximate surface area is 123 Å². The van der Waals surface area contributed by atoms with Gasteiger partial charge in [0.05, 0.1) is 18.3 Å². The zero-order valence-electron chi connectivity index (χ0n) is 12.4. The molecule has 0 unspecified atom stereocenters. The number of hydrogen-bond donors (Lipinski definition) is 2. The number of likely N-dealkylation sites (tertiary alicyclic amines) is 1. The molecule has 7 nitrogen and oxygen atoms in total. The molecule has 0 bridgehead atoms. The van der Waals surface area contributed by atoms with Crippen LogP contribution < -0.4 is 10.6 Å². The number of hydrogen-bond acceptors (Lipinski definition) is 4. The molecule has 1 aliphatic carbocycles. The van der Waals surface area contributed by atoms with Gasteiger partial charge in [0.25, 0.3) is 0 Å². The number of aryl methyl sites for hydroxylation is 1. The fourth-order valence-electron chi connectivity index (χ4n) is 2.86. The molecule has 114 valence electrons. The third-order valence-electron chi connectivity index (χ3n) is 4.22. The van der Waals surface area contributed by atoms with Gasteiger partial charge in [-0.3, -0.25) is 14.3 Å². The van der Waals surface area contributed by atoms with Gasteiger partial charge in [-0.1, -0.05) is 0 Å². The van der Waals surface area contributed by atoms with E-state index < -0.39 is 0 Å². The van der Waals surface area contributed by atoms with Crippen molar-refractivity contribution in [3.63, 3.8) is 0 Å². The molecule has 2 fully saturated rings. The topological polar surface area (TPSA) is 79.3 Å². The number of aromatic nitrogens is 2. The van der Waals surface area contributed by atoms with Gasteiger partial charge >= 0.3 is 0 Å². The van der Waals surface area contributed by atoms with Crippen LogP contribution in [0.3, 0.4) is 0 Å². The van der Waals surface area contributed by atoms with Crippen molar-refractivity contribution in [3.8, 4) is 0 Å². The van der Waals surface area contributed by atoms with E-state index in [0.29, 0.717) is 12.5 Å². The summed E-state index contributed by atoms with van der Waals surface area (Å²) in [4.78, 5) is 25.5. The molecular weight excluding hydrogens is 270 g/mol. The molecule has 2 N–H and O–H groups in total. The summed E-state index contributed by atoms with van der Waals surface area (Å²) in [6.07, 6.45) is 4.29. The van der Waals surface area contributed by atoms with Gasteiger partial charge in [-0.15, -0.1) is 0 Å². The van der Waals surface area contributed by atoms with Gasteiger partial charge in [-0.25, -0.2) is 0 Å². The van der Waals surface area contributed by atoms with Crippen molar-refractivity contribution < 1.29 is 9.59 Å². The maximum atomic E-state index is 12.0. The smallest absolute Gasteiger partial charge is 0.234 e. The summed E-state index contributed by atoms with van der Waals surface area (Å²) >= 11 is 0. The number of likely N-dealkylation sites (N-methyl/N-ethyl adjacent to an activating group) is 1. The van der Waals surface area contributed by atoms with Crippen LogP contribution in [-0.4, -0.2) is 52.2 Å². The lowest BCUT2D eigenvalue weighted by Crippen LogP contribution is -2.42. The van der Waals surface area contributed by atoms with Crippen LogP contribution in [0.4, 0.5) is 0 Å². The number of nitrogens with one attached hydrogen (secondary N) is 2. The van der Waals surface area contributed by atoms with Crippen LogP contribution in [0.5, 0.6) is 0 Å². The van der Waals surface area contributed by atoms with Gasteiger partial charge in [0.15, 0.2) is 0 Å². The summed E-state index contributed by atoms with van der Waals surface area (Å²) in [6, 6.07) is 2.13. The van der Waals surface area contributed by atoms with Crippen LogP contribution in [0, 0.1) is 0 Å². The lowest BCUT2D eigenvalue weighted by Gasteiger charge is -2.25. The molecule has 7 heteroatoms. The number of carbonyl (C=O) groups excluding carboxylic acids is 2. The molecule has 21 heavy (non-hydrogen) atoms. The lowest BCUT2D eigenvalue weighted by molar-refractivity contribution is -0.127. The van der Waals surface area contributed by atoms with Gasteiger partial charge in [0.1, 0.15) is 0 Å². The highest BCUT2D eigenvalue weighted by Crippen LogP contribution is 2.31. The minimum Gasteiger partial charge on any atom is -0.352 e. The average molecular weight is 291 g/mol. The second kappa shape index (κ2) is 5.48. The molecule has 2 atom stereocenters. The van der Waals surface area contributed by atoms with Crippen molar-refractivity contribution in [1.29, 1.82) is 0 Å². The summed E-state index contributed by atoms with van der Waals surface area (Å²) in [5, 5.41) is 10.3. The molecule has 0 aromatic carbocycles. The number of nitrogens with zero attached hydrogens (tertiary/aromatic N) is 3. The minimum atomic E-state index is -0.0845. The molecule has 3 rings (SSSR count). The van der Waals surface area contributed by atoms with Crippen molar-refractivity contribution in [1.82, 2.24) is 25.3 Å². The van der Waals surface area contributed by atoms with E-state index in [4.69, 9.17) is 0 Å². The van der Waals surface area contributed by atoms with Crippen molar-refractivity contribution in [3.05, 3.63) is 18.0 Å². The minimum absolute atomic E-state index is 0.00302. The molecule has 0 radical (unpaired) electrons. The van der Waals surface area contributed by atoms with Crippen molar-refractivity contribution in [2.75, 3.05) is 13.6 Å². The summed E-state index contributed by atoms with van der Waals surface area (Å²) in [6.45, 7) is 0.247. The number of amides is 2. The SMILES string of the molecule is CN1C(=O)C[C@@H](NCC(=O)NC2CC2)[C@@H]1c1ccnn1C. The zero-order chi connectivity index (χ0) is 15.0. The molecule has 0 spiro atoms. The van der Waals surface area contributed by atoms with Crippen molar-refractivity contribution >= 4 is 11.8 Å². The largest absolute Gasteiger partial charge is 0.352 e. The van der Waals surface area contributed by atoms with E-state index in [2.05, 4.69) is 15.7 Å². The van der Waals surface area contributed by atoms with Crippen LogP contribution in [0.15, 0.2) is 12.3 Å². The van der Waals surface area contributed by atoms with Crippen LogP contribution in [0.1, 0.15) is 31.0 Å². The highest BCUT2D eigenvalue weighted by atomic mass is 16.2. The summed E-state index contributed by atoms with van der Waals surface area (Å²) in [5.41, 5.74) is 0.975. The highest BCUT2D eigenvalue weighted by Gasteiger charge is 2.40. The Morgan fingerprint density at radius 1 is 1.43 bits per heavy atom. The Balaban J connectivity index is 1.66. The van der Waals surface area contributed by atoms with Crippen molar-refractivity contribution in [2.24, 2.45) is 7.05 Å². The maximum Gasteiger partial charge on any atom is 0.234 e. The summed E-state index contributed by atoms with van der Waals surface area (Å²) in [5.74, 6) is 0.0876. The molecule has 2 amide bonds. The van der Waals surface area contributed by atoms with Gasteiger partial charge in [0.2, 0.25) is 11.8 Å². The predicted molar refractivity (Wildman–Crippen MR) is 76.3 cm³/mol. The number of carbonyl (C=O) groups is 2. The van der Waals surface area contributed by atoms with Crippen LogP contribution in [0.2, 0.25) is 0 Å². The highest BCUT2D eigenvalue weighted by molar-refractivity contribution is 5.81. The second-order valence-electron chi connectivity index (χ2n) is 5.86. The van der Waals surface area contributed by atoms with E-state index in [9.17, 15) is 9.59 Å². The Morgan fingerprint density at radius 3 is 2.81 bits per heavy atom. The van der Waals surface area contributed by atoms with Crippen LogP contribution in [0.25, 0.3) is 0 Å². The monoisotopic (exact) mass is 291 g/mol. The quantitative estimate of drug-likeness (QED) is 0.771. The van der Waals surface area contributed by atoms with E-state index in [0.717, 1.165) is 18.5 Å². The van der Waals surface area contributed by atoms with Crippen LogP contribution in [-0.2, 0) is 16.6 Å². The standard InChI is InChI=1S/C14H21N5O2/c1-18-13(21)7-10(14(18)11-5-6-16-19(11)2)15-8-12(20)17-9-3-4-9/h5-6,9-10,14-15H,3-4,7-8H2,1-2H3,(H,17,20)/t10-,14-/m1/s1. The Hall–Kier alpha value is -1.89. The molecule has 1 aromatic rings. The van der Waals surface area contributed by atoms with E-state index in [1.807, 2.05) is 13.1 Å². The molecule has 1 saturated heterocycles. The first-order valence-corrected chi connectivity index (χ1v) is 7.32. The van der Waals surface area contributed by atoms with Gasteiger partial charge < -0.3 is 15.5 Å². The molecule has 1 saturated carbocycles. The first-order valence-electron chi connectivity index (χ1n) is 7.32. The Bertz CT molecular complexity index is 551. The Morgan fingerprint density at radius 2 is 2.19 bits per heavy atom. The van der Waals surface area contributed by atoms with E-state index >= 15 is 0 Å². The fourth-order valence-corrected chi connectivity index (χ4v) is 2.86. The molecular formula is C14H21N5O2. The third-order valence-corrected chi connectivity index (χ3v) is 4.22. The van der Waals surface area contributed by atoms with Gasteiger partial charge in [-0.2, -0.15) is 5.10 Å². The third kappa shape index (κ3) is 2.92. The first-order chi connectivity index (χ1) is 10.1. The maximum absolute atomic E-state index is 12.0. The summed E-state index contributed by atoms with van der Waals surface area (Å²) in [7, 11) is 3.66. The lowest BCUT2D eigenvalue weighted by atomic mass is 10.1. The van der Waals surface area contributed by atoms with E-state index in [1.165, 1.54) is 0 Å². The normalized spacial score (nSPS) is 25.4. The van der Waals surface area contributed by atoms with Crippen LogP contribution >= 0.6 is 0 Å². The van der Waals surface area contributed by atoms with E-state index in [1.54, 1.807) is 22.8 Å². The molecule has 1 aromatic heterocycles. The molecule has 2 aliphatic rings. The summed E-state index contributed by atoms with van der Waals surface area (Å²) < 4.78 is 1.78. The predicted octanol–water partition coefficient (Wildman–Crippen LogP) is -0.440. The first kappa shape index (κ1) is 14.1. The second-order valence-corrected chi connectivity index (χ2v) is 5.86. The average Bonchev–Trinajstić information content (AvgIpc) is 3.09. The van der Waals surface area contributed by atoms with E-state index in [-0.39, 0.29) is 30.4 Å². The Kier molecular flexibility index (Phi) is 3.67. The zero-order valence-corrected chi connectivity index (χ0v) is 12.4. The molecule has 1 aliphatic heterocycles. The van der Waals surface area contributed by atoms with Gasteiger partial charge in [-0.05, 0) is 18.9 Å². The van der Waals surface area contributed by atoms with Gasteiger partial charge in [0, 0.05) is 38.8 Å². The molecule has 2 heterocycles. The number of rotatable bonds is 5. The van der Waals surface area contributed by atoms with Crippen molar-refractivity contribution in [2.45, 2.75) is 37.4 Å².